The lowest BCUT2D eigenvalue weighted by molar-refractivity contribution is 0.0940. The number of para-hydroxylation sites is 1. The normalized spacial score (nSPS) is 14.7. The molecule has 0 atom stereocenters. The number of carbonyl (C=O) groups excluding carboxylic acids is 1. The van der Waals surface area contributed by atoms with E-state index in [0.717, 1.165) is 29.8 Å². The number of carbonyl (C=O) groups is 1. The number of amides is 1. The standard InChI is InChI=1S/C17H21N3O/c1-2-18-16-10-14(13-8-3-4-9-15(13)20-16)17(21)19-11-12-6-5-7-12/h3-4,8-10,12H,2,5-7,11H2,1H3,(H,18,20)(H,19,21). The molecule has 0 aliphatic heterocycles. The minimum atomic E-state index is -0.000321. The van der Waals surface area contributed by atoms with Crippen LogP contribution in [0.25, 0.3) is 10.9 Å². The highest BCUT2D eigenvalue weighted by Crippen LogP contribution is 2.26. The number of nitrogens with one attached hydrogen (secondary N) is 2. The molecule has 4 nitrogen and oxygen atoms in total. The van der Waals surface area contributed by atoms with Gasteiger partial charge in [-0.25, -0.2) is 4.98 Å². The molecule has 1 fully saturated rings. The van der Waals surface area contributed by atoms with Gasteiger partial charge in [-0.05, 0) is 37.8 Å². The van der Waals surface area contributed by atoms with Gasteiger partial charge in [-0.2, -0.15) is 0 Å². The van der Waals surface area contributed by atoms with E-state index in [4.69, 9.17) is 0 Å². The fourth-order valence-electron chi connectivity index (χ4n) is 2.66. The van der Waals surface area contributed by atoms with Crippen LogP contribution in [0.2, 0.25) is 0 Å². The quantitative estimate of drug-likeness (QED) is 0.886. The van der Waals surface area contributed by atoms with Gasteiger partial charge < -0.3 is 10.6 Å². The van der Waals surface area contributed by atoms with Crippen LogP contribution in [0, 0.1) is 5.92 Å². The Kier molecular flexibility index (Phi) is 4.04. The maximum atomic E-state index is 12.5. The molecule has 21 heavy (non-hydrogen) atoms. The van der Waals surface area contributed by atoms with Gasteiger partial charge in [0.25, 0.3) is 5.91 Å². The van der Waals surface area contributed by atoms with Gasteiger partial charge in [0.1, 0.15) is 5.82 Å². The van der Waals surface area contributed by atoms with Crippen molar-refractivity contribution in [2.45, 2.75) is 26.2 Å². The molecule has 1 heterocycles. The van der Waals surface area contributed by atoms with Crippen molar-refractivity contribution >= 4 is 22.6 Å². The van der Waals surface area contributed by atoms with Gasteiger partial charge >= 0.3 is 0 Å². The van der Waals surface area contributed by atoms with Gasteiger partial charge in [0.15, 0.2) is 0 Å². The van der Waals surface area contributed by atoms with Crippen molar-refractivity contribution in [1.29, 1.82) is 0 Å². The molecule has 1 aliphatic carbocycles. The summed E-state index contributed by atoms with van der Waals surface area (Å²) in [4.78, 5) is 17.0. The molecule has 0 unspecified atom stereocenters. The molecule has 1 saturated carbocycles. The third-order valence-corrected chi connectivity index (χ3v) is 4.09. The van der Waals surface area contributed by atoms with Crippen molar-refractivity contribution in [2.24, 2.45) is 5.92 Å². The van der Waals surface area contributed by atoms with Crippen molar-refractivity contribution < 1.29 is 4.79 Å². The lowest BCUT2D eigenvalue weighted by atomic mass is 9.85. The summed E-state index contributed by atoms with van der Waals surface area (Å²) in [5, 5.41) is 7.17. The number of anilines is 1. The third kappa shape index (κ3) is 2.99. The molecule has 0 radical (unpaired) electrons. The summed E-state index contributed by atoms with van der Waals surface area (Å²) in [6, 6.07) is 9.64. The zero-order valence-corrected chi connectivity index (χ0v) is 12.4. The van der Waals surface area contributed by atoms with E-state index in [-0.39, 0.29) is 5.91 Å². The topological polar surface area (TPSA) is 54.0 Å². The predicted molar refractivity (Wildman–Crippen MR) is 85.6 cm³/mol. The Balaban J connectivity index is 1.88. The molecule has 2 aromatic rings. The number of benzene rings is 1. The molecule has 3 rings (SSSR count). The molecule has 1 aromatic heterocycles. The van der Waals surface area contributed by atoms with Crippen LogP contribution in [-0.4, -0.2) is 24.0 Å². The number of hydrogen-bond donors (Lipinski definition) is 2. The van der Waals surface area contributed by atoms with Gasteiger partial charge in [-0.3, -0.25) is 4.79 Å². The van der Waals surface area contributed by atoms with Crippen LogP contribution >= 0.6 is 0 Å². The Morgan fingerprint density at radius 2 is 2.14 bits per heavy atom. The monoisotopic (exact) mass is 283 g/mol. The van der Waals surface area contributed by atoms with Crippen LogP contribution in [0.3, 0.4) is 0 Å². The van der Waals surface area contributed by atoms with Crippen LogP contribution in [0.1, 0.15) is 36.5 Å². The van der Waals surface area contributed by atoms with E-state index in [2.05, 4.69) is 15.6 Å². The SMILES string of the molecule is CCNc1cc(C(=O)NCC2CCC2)c2ccccc2n1. The van der Waals surface area contributed by atoms with Crippen molar-refractivity contribution in [3.05, 3.63) is 35.9 Å². The summed E-state index contributed by atoms with van der Waals surface area (Å²) >= 11 is 0. The van der Waals surface area contributed by atoms with E-state index in [0.29, 0.717) is 11.5 Å². The molecule has 0 saturated heterocycles. The van der Waals surface area contributed by atoms with Crippen LogP contribution in [0.5, 0.6) is 0 Å². The van der Waals surface area contributed by atoms with E-state index in [1.165, 1.54) is 19.3 Å². The third-order valence-electron chi connectivity index (χ3n) is 4.09. The molecule has 2 N–H and O–H groups in total. The van der Waals surface area contributed by atoms with Gasteiger partial charge in [0, 0.05) is 18.5 Å². The number of hydrogen-bond acceptors (Lipinski definition) is 3. The average molecular weight is 283 g/mol. The number of aromatic nitrogens is 1. The van der Waals surface area contributed by atoms with Crippen molar-refractivity contribution in [3.8, 4) is 0 Å². The summed E-state index contributed by atoms with van der Waals surface area (Å²) in [5.74, 6) is 1.42. The number of nitrogens with zero attached hydrogens (tertiary/aromatic N) is 1. The Labute approximate surface area is 125 Å². The second-order valence-electron chi connectivity index (χ2n) is 5.61. The van der Waals surface area contributed by atoms with Gasteiger partial charge in [0.2, 0.25) is 0 Å². The zero-order valence-electron chi connectivity index (χ0n) is 12.4. The highest BCUT2D eigenvalue weighted by atomic mass is 16.1. The fraction of sp³-hybridized carbons (Fsp3) is 0.412. The predicted octanol–water partition coefficient (Wildman–Crippen LogP) is 3.20. The highest BCUT2D eigenvalue weighted by Gasteiger charge is 2.19. The fourth-order valence-corrected chi connectivity index (χ4v) is 2.66. The molecular weight excluding hydrogens is 262 g/mol. The van der Waals surface area contributed by atoms with Crippen molar-refractivity contribution in [3.63, 3.8) is 0 Å². The van der Waals surface area contributed by atoms with Gasteiger partial charge in [0.05, 0.1) is 11.1 Å². The molecule has 0 bridgehead atoms. The highest BCUT2D eigenvalue weighted by molar-refractivity contribution is 6.06. The summed E-state index contributed by atoms with van der Waals surface area (Å²) in [6.07, 6.45) is 3.77. The molecule has 110 valence electrons. The molecule has 0 spiro atoms. The van der Waals surface area contributed by atoms with Crippen LogP contribution in [-0.2, 0) is 0 Å². The second kappa shape index (κ2) is 6.12. The lowest BCUT2D eigenvalue weighted by Crippen LogP contribution is -2.32. The van der Waals surface area contributed by atoms with Gasteiger partial charge in [-0.1, -0.05) is 24.6 Å². The van der Waals surface area contributed by atoms with E-state index >= 15 is 0 Å². The largest absolute Gasteiger partial charge is 0.370 e. The summed E-state index contributed by atoms with van der Waals surface area (Å²) in [5.41, 5.74) is 1.56. The molecule has 4 heteroatoms. The Bertz CT molecular complexity index is 650. The van der Waals surface area contributed by atoms with Crippen LogP contribution < -0.4 is 10.6 Å². The van der Waals surface area contributed by atoms with Crippen LogP contribution in [0.15, 0.2) is 30.3 Å². The lowest BCUT2D eigenvalue weighted by Gasteiger charge is -2.25. The molecular formula is C17H21N3O. The first kappa shape index (κ1) is 13.9. The van der Waals surface area contributed by atoms with Crippen LogP contribution in [0.4, 0.5) is 5.82 Å². The maximum Gasteiger partial charge on any atom is 0.252 e. The summed E-state index contributed by atoms with van der Waals surface area (Å²) < 4.78 is 0. The van der Waals surface area contributed by atoms with E-state index < -0.39 is 0 Å². The maximum absolute atomic E-state index is 12.5. The Morgan fingerprint density at radius 1 is 1.33 bits per heavy atom. The second-order valence-corrected chi connectivity index (χ2v) is 5.61. The number of pyridine rings is 1. The molecule has 1 aliphatic rings. The number of fused-ring (bicyclic) bond motifs is 1. The minimum Gasteiger partial charge on any atom is -0.370 e. The Hall–Kier alpha value is -2.10. The first-order valence-electron chi connectivity index (χ1n) is 7.69. The summed E-state index contributed by atoms with van der Waals surface area (Å²) in [7, 11) is 0. The molecule has 1 aromatic carbocycles. The van der Waals surface area contributed by atoms with Crippen molar-refractivity contribution in [1.82, 2.24) is 10.3 Å². The zero-order chi connectivity index (χ0) is 14.7. The number of rotatable bonds is 5. The smallest absolute Gasteiger partial charge is 0.252 e. The van der Waals surface area contributed by atoms with E-state index in [1.807, 2.05) is 37.3 Å². The van der Waals surface area contributed by atoms with E-state index in [1.54, 1.807) is 0 Å². The first-order chi connectivity index (χ1) is 10.3. The summed E-state index contributed by atoms with van der Waals surface area (Å²) in [6.45, 7) is 3.59. The first-order valence-corrected chi connectivity index (χ1v) is 7.69. The minimum absolute atomic E-state index is 0.000321. The van der Waals surface area contributed by atoms with E-state index in [9.17, 15) is 4.79 Å². The van der Waals surface area contributed by atoms with Crippen molar-refractivity contribution in [2.75, 3.05) is 18.4 Å². The average Bonchev–Trinajstić information content (AvgIpc) is 2.45. The molecule has 1 amide bonds. The van der Waals surface area contributed by atoms with Gasteiger partial charge in [-0.15, -0.1) is 0 Å². The Morgan fingerprint density at radius 3 is 2.86 bits per heavy atom.